The fraction of sp³-hybridized carbons (Fsp3) is 0.0870. The Hall–Kier alpha value is -3.16. The molecule has 0 bridgehead atoms. The molecule has 0 saturated heterocycles. The van der Waals surface area contributed by atoms with E-state index in [-0.39, 0.29) is 11.7 Å². The van der Waals surface area contributed by atoms with E-state index in [9.17, 15) is 9.90 Å². The Labute approximate surface area is 182 Å². The van der Waals surface area contributed by atoms with Gasteiger partial charge in [0.1, 0.15) is 5.75 Å². The number of hydrogen-bond acceptors (Lipinski definition) is 6. The van der Waals surface area contributed by atoms with Crippen LogP contribution in [0.4, 0.5) is 0 Å². The highest BCUT2D eigenvalue weighted by Crippen LogP contribution is 2.31. The van der Waals surface area contributed by atoms with Crippen LogP contribution < -0.4 is 5.43 Å². The number of benzene rings is 3. The van der Waals surface area contributed by atoms with Gasteiger partial charge in [-0.2, -0.15) is 5.10 Å². The highest BCUT2D eigenvalue weighted by atomic mass is 32.2. The second-order valence-electron chi connectivity index (χ2n) is 6.62. The Morgan fingerprint density at radius 1 is 1.03 bits per heavy atom. The van der Waals surface area contributed by atoms with E-state index in [1.54, 1.807) is 66.4 Å². The number of thioether (sulfide) groups is 1. The smallest absolute Gasteiger partial charge is 0.271 e. The third-order valence-electron chi connectivity index (χ3n) is 4.46. The zero-order valence-corrected chi connectivity index (χ0v) is 17.8. The Bertz CT molecular complexity index is 1170. The molecule has 0 atom stereocenters. The van der Waals surface area contributed by atoms with Gasteiger partial charge in [-0.25, -0.2) is 10.4 Å². The first-order valence-corrected chi connectivity index (χ1v) is 11.1. The molecule has 0 aliphatic carbocycles. The predicted octanol–water partition coefficient (Wildman–Crippen LogP) is 5.45. The number of para-hydroxylation sites is 1. The first kappa shape index (κ1) is 20.1. The van der Waals surface area contributed by atoms with E-state index in [0.29, 0.717) is 11.3 Å². The number of aromatic hydroxyl groups is 1. The van der Waals surface area contributed by atoms with Gasteiger partial charge in [-0.1, -0.05) is 36.0 Å². The molecule has 4 rings (SSSR count). The zero-order chi connectivity index (χ0) is 20.9. The van der Waals surface area contributed by atoms with Crippen LogP contribution in [-0.2, 0) is 5.75 Å². The summed E-state index contributed by atoms with van der Waals surface area (Å²) >= 11 is 3.39. The molecule has 0 saturated carbocycles. The Balaban J connectivity index is 1.34. The summed E-state index contributed by atoms with van der Waals surface area (Å²) in [6, 6.07) is 22.3. The van der Waals surface area contributed by atoms with Gasteiger partial charge < -0.3 is 5.11 Å². The molecule has 7 heteroatoms. The molecular weight excluding hydrogens is 414 g/mol. The third-order valence-corrected chi connectivity index (χ3v) is 6.71. The Morgan fingerprint density at radius 2 is 1.73 bits per heavy atom. The molecule has 0 unspecified atom stereocenters. The lowest BCUT2D eigenvalue weighted by molar-refractivity contribution is 0.0955. The lowest BCUT2D eigenvalue weighted by atomic mass is 10.1. The summed E-state index contributed by atoms with van der Waals surface area (Å²) < 4.78 is 2.23. The molecule has 150 valence electrons. The number of aromatic nitrogens is 1. The summed E-state index contributed by atoms with van der Waals surface area (Å²) in [5, 5.41) is 13.5. The standard InChI is InChI=1S/C23H19N3O2S2/c1-15(17-10-12-19(27)13-11-17)25-26-22(28)18-8-6-16(7-9-18)14-29-23-24-20-4-2-3-5-21(20)30-23/h2-13,27H,14H2,1H3,(H,26,28)/b25-15+. The van der Waals surface area contributed by atoms with Crippen molar-refractivity contribution in [3.05, 3.63) is 89.5 Å². The van der Waals surface area contributed by atoms with Crippen LogP contribution in [0.15, 0.2) is 82.2 Å². The summed E-state index contributed by atoms with van der Waals surface area (Å²) in [5.74, 6) is 0.718. The molecule has 0 aliphatic heterocycles. The number of rotatable bonds is 6. The maximum atomic E-state index is 12.4. The number of fused-ring (bicyclic) bond motifs is 1. The van der Waals surface area contributed by atoms with Gasteiger partial charge in [-0.05, 0) is 66.6 Å². The van der Waals surface area contributed by atoms with E-state index in [2.05, 4.69) is 21.6 Å². The number of carbonyl (C=O) groups is 1. The zero-order valence-electron chi connectivity index (χ0n) is 16.2. The fourth-order valence-corrected chi connectivity index (χ4v) is 4.80. The van der Waals surface area contributed by atoms with Crippen LogP contribution in [-0.4, -0.2) is 21.7 Å². The highest BCUT2D eigenvalue weighted by Gasteiger charge is 2.07. The highest BCUT2D eigenvalue weighted by molar-refractivity contribution is 8.00. The molecular formula is C23H19N3O2S2. The van der Waals surface area contributed by atoms with Crippen LogP contribution in [0.5, 0.6) is 5.75 Å². The molecule has 5 nitrogen and oxygen atoms in total. The van der Waals surface area contributed by atoms with E-state index in [1.807, 2.05) is 30.3 Å². The van der Waals surface area contributed by atoms with Crippen LogP contribution >= 0.6 is 23.1 Å². The van der Waals surface area contributed by atoms with Crippen LogP contribution in [0.25, 0.3) is 10.2 Å². The van der Waals surface area contributed by atoms with Crippen molar-refractivity contribution in [2.45, 2.75) is 17.0 Å². The third kappa shape index (κ3) is 4.87. The van der Waals surface area contributed by atoms with Crippen LogP contribution in [0.1, 0.15) is 28.4 Å². The van der Waals surface area contributed by atoms with Crippen LogP contribution in [0, 0.1) is 0 Å². The number of nitrogens with zero attached hydrogens (tertiary/aromatic N) is 2. The second-order valence-corrected chi connectivity index (χ2v) is 8.87. The van der Waals surface area contributed by atoms with Gasteiger partial charge in [0.15, 0.2) is 4.34 Å². The van der Waals surface area contributed by atoms with Crippen LogP contribution in [0.2, 0.25) is 0 Å². The number of amides is 1. The molecule has 2 N–H and O–H groups in total. The van der Waals surface area contributed by atoms with Crippen molar-refractivity contribution in [3.8, 4) is 5.75 Å². The van der Waals surface area contributed by atoms with Crippen molar-refractivity contribution in [2.24, 2.45) is 5.10 Å². The summed E-state index contributed by atoms with van der Waals surface area (Å²) in [7, 11) is 0. The average Bonchev–Trinajstić information content (AvgIpc) is 3.20. The van der Waals surface area contributed by atoms with Gasteiger partial charge in [-0.3, -0.25) is 4.79 Å². The van der Waals surface area contributed by atoms with E-state index >= 15 is 0 Å². The minimum absolute atomic E-state index is 0.192. The number of phenols is 1. The van der Waals surface area contributed by atoms with Crippen molar-refractivity contribution >= 4 is 44.9 Å². The number of hydrogen-bond donors (Lipinski definition) is 2. The quantitative estimate of drug-likeness (QED) is 0.241. The minimum Gasteiger partial charge on any atom is -0.508 e. The Morgan fingerprint density at radius 3 is 2.47 bits per heavy atom. The van der Waals surface area contributed by atoms with Gasteiger partial charge in [0.25, 0.3) is 5.91 Å². The summed E-state index contributed by atoms with van der Waals surface area (Å²) in [5.41, 5.74) is 6.77. The minimum atomic E-state index is -0.265. The monoisotopic (exact) mass is 433 g/mol. The maximum absolute atomic E-state index is 12.4. The average molecular weight is 434 g/mol. The summed E-state index contributed by atoms with van der Waals surface area (Å²) in [4.78, 5) is 17.0. The topological polar surface area (TPSA) is 74.6 Å². The molecule has 0 aliphatic rings. The largest absolute Gasteiger partial charge is 0.508 e. The molecule has 4 aromatic rings. The number of hydrazone groups is 1. The molecule has 0 spiro atoms. The number of nitrogens with one attached hydrogen (secondary N) is 1. The lowest BCUT2D eigenvalue weighted by Crippen LogP contribution is -2.19. The molecule has 0 fully saturated rings. The molecule has 30 heavy (non-hydrogen) atoms. The van der Waals surface area contributed by atoms with Crippen molar-refractivity contribution in [2.75, 3.05) is 0 Å². The van der Waals surface area contributed by atoms with E-state index < -0.39 is 0 Å². The molecule has 3 aromatic carbocycles. The van der Waals surface area contributed by atoms with E-state index in [4.69, 9.17) is 0 Å². The second kappa shape index (κ2) is 9.11. The number of thiazole rings is 1. The number of phenolic OH excluding ortho intramolecular Hbond substituents is 1. The van der Waals surface area contributed by atoms with Gasteiger partial charge in [0.2, 0.25) is 0 Å². The first-order chi connectivity index (χ1) is 14.6. The SMILES string of the molecule is C/C(=N\NC(=O)c1ccc(CSc2nc3ccccc3s2)cc1)c1ccc(O)cc1. The summed E-state index contributed by atoms with van der Waals surface area (Å²) in [6.45, 7) is 1.80. The van der Waals surface area contributed by atoms with Gasteiger partial charge in [0.05, 0.1) is 15.9 Å². The van der Waals surface area contributed by atoms with E-state index in [0.717, 1.165) is 26.7 Å². The lowest BCUT2D eigenvalue weighted by Gasteiger charge is -2.05. The van der Waals surface area contributed by atoms with Gasteiger partial charge in [-0.15, -0.1) is 11.3 Å². The molecule has 0 radical (unpaired) electrons. The van der Waals surface area contributed by atoms with Crippen molar-refractivity contribution in [1.29, 1.82) is 0 Å². The first-order valence-electron chi connectivity index (χ1n) is 9.30. The molecule has 1 aromatic heterocycles. The molecule has 1 heterocycles. The number of carbonyl (C=O) groups excluding carboxylic acids is 1. The Kier molecular flexibility index (Phi) is 6.11. The molecule has 1 amide bonds. The van der Waals surface area contributed by atoms with Gasteiger partial charge in [0, 0.05) is 11.3 Å². The van der Waals surface area contributed by atoms with Crippen LogP contribution in [0.3, 0.4) is 0 Å². The maximum Gasteiger partial charge on any atom is 0.271 e. The van der Waals surface area contributed by atoms with Crippen molar-refractivity contribution < 1.29 is 9.90 Å². The van der Waals surface area contributed by atoms with Crippen molar-refractivity contribution in [3.63, 3.8) is 0 Å². The normalized spacial score (nSPS) is 11.6. The predicted molar refractivity (Wildman–Crippen MR) is 123 cm³/mol. The van der Waals surface area contributed by atoms with E-state index in [1.165, 1.54) is 4.70 Å². The van der Waals surface area contributed by atoms with Gasteiger partial charge >= 0.3 is 0 Å². The van der Waals surface area contributed by atoms with Crippen molar-refractivity contribution in [1.82, 2.24) is 10.4 Å². The fourth-order valence-electron chi connectivity index (χ4n) is 2.78. The summed E-state index contributed by atoms with van der Waals surface area (Å²) in [6.07, 6.45) is 0.